The number of alkyl halides is 2. The third-order valence-corrected chi connectivity index (χ3v) is 2.40. The first kappa shape index (κ1) is 11.6. The molecule has 0 aliphatic carbocycles. The first-order chi connectivity index (χ1) is 7.97. The second kappa shape index (κ2) is 4.20. The van der Waals surface area contributed by atoms with Gasteiger partial charge in [-0.05, 0) is 31.2 Å². The van der Waals surface area contributed by atoms with Crippen LogP contribution in [0.5, 0.6) is 0 Å². The van der Waals surface area contributed by atoms with Crippen LogP contribution in [0.3, 0.4) is 0 Å². The van der Waals surface area contributed by atoms with Crippen molar-refractivity contribution in [3.05, 3.63) is 47.9 Å². The van der Waals surface area contributed by atoms with Crippen molar-refractivity contribution >= 4 is 0 Å². The fourth-order valence-electron chi connectivity index (χ4n) is 1.51. The summed E-state index contributed by atoms with van der Waals surface area (Å²) < 4.78 is 25.9. The second-order valence-corrected chi connectivity index (χ2v) is 3.98. The van der Waals surface area contributed by atoms with Crippen molar-refractivity contribution in [2.24, 2.45) is 0 Å². The lowest BCUT2D eigenvalue weighted by Crippen LogP contribution is -2.09. The quantitative estimate of drug-likeness (QED) is 0.793. The number of aromatic nitrogens is 2. The predicted molar refractivity (Wildman–Crippen MR) is 61.8 cm³/mol. The molecule has 0 saturated carbocycles. The standard InChI is InChI=1S/C13H12F2N2/c1-9-4-3-5-11(17-9)10-6-7-12(16-8-10)13(2,14)15/h3-8H,1-2H3. The SMILES string of the molecule is Cc1cccc(-c2ccc(C(C)(F)F)nc2)n1. The van der Waals surface area contributed by atoms with Gasteiger partial charge in [-0.25, -0.2) is 0 Å². The molecule has 0 N–H and O–H groups in total. The third-order valence-electron chi connectivity index (χ3n) is 2.40. The minimum absolute atomic E-state index is 0.228. The zero-order valence-electron chi connectivity index (χ0n) is 9.61. The van der Waals surface area contributed by atoms with Crippen LogP contribution in [0, 0.1) is 6.92 Å². The molecule has 2 rings (SSSR count). The van der Waals surface area contributed by atoms with Gasteiger partial charge in [-0.2, -0.15) is 8.78 Å². The molecule has 0 spiro atoms. The van der Waals surface area contributed by atoms with E-state index in [2.05, 4.69) is 9.97 Å². The van der Waals surface area contributed by atoms with Gasteiger partial charge in [-0.1, -0.05) is 6.07 Å². The van der Waals surface area contributed by atoms with E-state index < -0.39 is 5.92 Å². The van der Waals surface area contributed by atoms with Crippen LogP contribution in [-0.4, -0.2) is 9.97 Å². The van der Waals surface area contributed by atoms with E-state index in [-0.39, 0.29) is 5.69 Å². The van der Waals surface area contributed by atoms with E-state index in [1.165, 1.54) is 12.3 Å². The summed E-state index contributed by atoms with van der Waals surface area (Å²) in [5.74, 6) is -2.90. The van der Waals surface area contributed by atoms with E-state index in [4.69, 9.17) is 0 Å². The van der Waals surface area contributed by atoms with E-state index in [0.717, 1.165) is 23.9 Å². The van der Waals surface area contributed by atoms with Gasteiger partial charge in [0.25, 0.3) is 5.92 Å². The molecule has 2 heterocycles. The van der Waals surface area contributed by atoms with Crippen LogP contribution in [0.4, 0.5) is 8.78 Å². The second-order valence-electron chi connectivity index (χ2n) is 3.98. The predicted octanol–water partition coefficient (Wildman–Crippen LogP) is 3.56. The Labute approximate surface area is 98.4 Å². The first-order valence-corrected chi connectivity index (χ1v) is 5.25. The molecule has 0 saturated heterocycles. The lowest BCUT2D eigenvalue weighted by molar-refractivity contribution is 0.0128. The smallest absolute Gasteiger partial charge is 0.254 e. The van der Waals surface area contributed by atoms with E-state index >= 15 is 0 Å². The lowest BCUT2D eigenvalue weighted by atomic mass is 10.1. The average molecular weight is 234 g/mol. The summed E-state index contributed by atoms with van der Waals surface area (Å²) in [4.78, 5) is 8.07. The Kier molecular flexibility index (Phi) is 2.88. The Morgan fingerprint density at radius 2 is 1.88 bits per heavy atom. The van der Waals surface area contributed by atoms with Crippen LogP contribution in [-0.2, 0) is 5.92 Å². The molecule has 0 aliphatic heterocycles. The van der Waals surface area contributed by atoms with E-state index in [1.54, 1.807) is 6.07 Å². The highest BCUT2D eigenvalue weighted by Gasteiger charge is 2.25. The van der Waals surface area contributed by atoms with E-state index in [0.29, 0.717) is 0 Å². The molecule has 88 valence electrons. The number of hydrogen-bond donors (Lipinski definition) is 0. The van der Waals surface area contributed by atoms with Crippen LogP contribution in [0.25, 0.3) is 11.3 Å². The fourth-order valence-corrected chi connectivity index (χ4v) is 1.51. The summed E-state index contributed by atoms with van der Waals surface area (Å²) >= 11 is 0. The Morgan fingerprint density at radius 3 is 2.41 bits per heavy atom. The fraction of sp³-hybridized carbons (Fsp3) is 0.231. The van der Waals surface area contributed by atoms with Crippen LogP contribution >= 0.6 is 0 Å². The first-order valence-electron chi connectivity index (χ1n) is 5.25. The normalized spacial score (nSPS) is 11.5. The number of pyridine rings is 2. The van der Waals surface area contributed by atoms with Gasteiger partial charge in [0, 0.05) is 24.4 Å². The van der Waals surface area contributed by atoms with Gasteiger partial charge in [0.05, 0.1) is 5.69 Å². The van der Waals surface area contributed by atoms with Crippen LogP contribution < -0.4 is 0 Å². The molecule has 0 bridgehead atoms. The number of halogens is 2. The summed E-state index contributed by atoms with van der Waals surface area (Å²) in [5, 5.41) is 0. The average Bonchev–Trinajstić information content (AvgIpc) is 2.28. The number of nitrogens with zero attached hydrogens (tertiary/aromatic N) is 2. The molecule has 0 amide bonds. The number of rotatable bonds is 2. The molecule has 0 atom stereocenters. The highest BCUT2D eigenvalue weighted by molar-refractivity contribution is 5.57. The summed E-state index contributed by atoms with van der Waals surface area (Å²) in [6.07, 6.45) is 1.43. The van der Waals surface area contributed by atoms with Gasteiger partial charge in [0.15, 0.2) is 0 Å². The van der Waals surface area contributed by atoms with Gasteiger partial charge in [-0.3, -0.25) is 9.97 Å². The highest BCUT2D eigenvalue weighted by Crippen LogP contribution is 2.26. The van der Waals surface area contributed by atoms with Gasteiger partial charge in [-0.15, -0.1) is 0 Å². The Morgan fingerprint density at radius 1 is 1.12 bits per heavy atom. The maximum atomic E-state index is 13.0. The topological polar surface area (TPSA) is 25.8 Å². The van der Waals surface area contributed by atoms with Crippen LogP contribution in [0.15, 0.2) is 36.5 Å². The Hall–Kier alpha value is -1.84. The lowest BCUT2D eigenvalue weighted by Gasteiger charge is -2.09. The van der Waals surface area contributed by atoms with Gasteiger partial charge in [0.1, 0.15) is 5.69 Å². The molecular weight excluding hydrogens is 222 g/mol. The molecule has 17 heavy (non-hydrogen) atoms. The monoisotopic (exact) mass is 234 g/mol. The molecular formula is C13H12F2N2. The summed E-state index contributed by atoms with van der Waals surface area (Å²) in [7, 11) is 0. The third kappa shape index (κ3) is 2.64. The Balaban J connectivity index is 2.36. The minimum Gasteiger partial charge on any atom is -0.254 e. The zero-order chi connectivity index (χ0) is 12.5. The van der Waals surface area contributed by atoms with Crippen molar-refractivity contribution in [1.82, 2.24) is 9.97 Å². The molecule has 4 heteroatoms. The minimum atomic E-state index is -2.90. The van der Waals surface area contributed by atoms with Crippen molar-refractivity contribution < 1.29 is 8.78 Å². The molecule has 2 aromatic heterocycles. The maximum absolute atomic E-state index is 13.0. The largest absolute Gasteiger partial charge is 0.286 e. The molecule has 2 nitrogen and oxygen atoms in total. The zero-order valence-corrected chi connectivity index (χ0v) is 9.61. The van der Waals surface area contributed by atoms with E-state index in [9.17, 15) is 8.78 Å². The molecule has 2 aromatic rings. The van der Waals surface area contributed by atoms with Crippen molar-refractivity contribution in [1.29, 1.82) is 0 Å². The maximum Gasteiger partial charge on any atom is 0.286 e. The Bertz CT molecular complexity index is 516. The van der Waals surface area contributed by atoms with Crippen molar-refractivity contribution in [2.75, 3.05) is 0 Å². The molecule has 0 unspecified atom stereocenters. The number of aryl methyl sites for hydroxylation is 1. The number of hydrogen-bond acceptors (Lipinski definition) is 2. The van der Waals surface area contributed by atoms with Crippen LogP contribution in [0.1, 0.15) is 18.3 Å². The van der Waals surface area contributed by atoms with Crippen molar-refractivity contribution in [3.8, 4) is 11.3 Å². The van der Waals surface area contributed by atoms with E-state index in [1.807, 2.05) is 25.1 Å². The molecule has 0 radical (unpaired) electrons. The molecule has 0 aromatic carbocycles. The molecule has 0 aliphatic rings. The van der Waals surface area contributed by atoms with Crippen molar-refractivity contribution in [3.63, 3.8) is 0 Å². The molecule has 0 fully saturated rings. The highest BCUT2D eigenvalue weighted by atomic mass is 19.3. The van der Waals surface area contributed by atoms with Crippen LogP contribution in [0.2, 0.25) is 0 Å². The summed E-state index contributed by atoms with van der Waals surface area (Å²) in [5.41, 5.74) is 2.13. The van der Waals surface area contributed by atoms with Crippen molar-refractivity contribution in [2.45, 2.75) is 19.8 Å². The van der Waals surface area contributed by atoms with Gasteiger partial charge < -0.3 is 0 Å². The van der Waals surface area contributed by atoms with Gasteiger partial charge >= 0.3 is 0 Å². The summed E-state index contributed by atoms with van der Waals surface area (Å²) in [6, 6.07) is 8.53. The summed E-state index contributed by atoms with van der Waals surface area (Å²) in [6.45, 7) is 2.71. The van der Waals surface area contributed by atoms with Gasteiger partial charge in [0.2, 0.25) is 0 Å².